The van der Waals surface area contributed by atoms with E-state index in [4.69, 9.17) is 16.3 Å². The Kier molecular flexibility index (Phi) is 6.01. The first-order chi connectivity index (χ1) is 13.0. The van der Waals surface area contributed by atoms with Crippen LogP contribution in [0.3, 0.4) is 0 Å². The summed E-state index contributed by atoms with van der Waals surface area (Å²) in [5, 5.41) is 0.447. The van der Waals surface area contributed by atoms with Crippen LogP contribution in [0.1, 0.15) is 21.5 Å². The van der Waals surface area contributed by atoms with Crippen molar-refractivity contribution in [2.75, 3.05) is 32.8 Å². The van der Waals surface area contributed by atoms with Crippen molar-refractivity contribution >= 4 is 23.4 Å². The molecule has 0 bridgehead atoms. The van der Waals surface area contributed by atoms with Gasteiger partial charge in [0.1, 0.15) is 5.75 Å². The highest BCUT2D eigenvalue weighted by atomic mass is 35.5. The summed E-state index contributed by atoms with van der Waals surface area (Å²) in [5.41, 5.74) is 2.67. The number of ether oxygens (including phenoxy) is 1. The van der Waals surface area contributed by atoms with E-state index < -0.39 is 0 Å². The number of hydrogen-bond acceptors (Lipinski definition) is 3. The van der Waals surface area contributed by atoms with Gasteiger partial charge in [-0.05, 0) is 37.6 Å². The molecular formula is C21H23ClN2O3. The van der Waals surface area contributed by atoms with Gasteiger partial charge in [-0.15, -0.1) is 0 Å². The van der Waals surface area contributed by atoms with E-state index in [1.807, 2.05) is 32.0 Å². The summed E-state index contributed by atoms with van der Waals surface area (Å²) in [7, 11) is 0. The number of benzene rings is 2. The van der Waals surface area contributed by atoms with Crippen LogP contribution in [0.25, 0.3) is 0 Å². The largest absolute Gasteiger partial charge is 0.484 e. The molecule has 0 atom stereocenters. The Morgan fingerprint density at radius 1 is 1.00 bits per heavy atom. The van der Waals surface area contributed by atoms with E-state index in [0.717, 1.165) is 16.9 Å². The third-order valence-corrected chi connectivity index (χ3v) is 5.04. The molecule has 0 aromatic heterocycles. The number of amides is 2. The Bertz CT molecular complexity index is 845. The number of hydrogen-bond donors (Lipinski definition) is 0. The average Bonchev–Trinajstić information content (AvgIpc) is 2.67. The lowest BCUT2D eigenvalue weighted by Crippen LogP contribution is -2.51. The molecule has 6 heteroatoms. The van der Waals surface area contributed by atoms with E-state index in [1.54, 1.807) is 34.1 Å². The van der Waals surface area contributed by atoms with Gasteiger partial charge in [0.15, 0.2) is 6.61 Å². The topological polar surface area (TPSA) is 49.9 Å². The Morgan fingerprint density at radius 2 is 1.67 bits per heavy atom. The number of carbonyl (C=O) groups excluding carboxylic acids is 2. The minimum Gasteiger partial charge on any atom is -0.484 e. The van der Waals surface area contributed by atoms with Gasteiger partial charge in [-0.25, -0.2) is 0 Å². The molecule has 5 nitrogen and oxygen atoms in total. The van der Waals surface area contributed by atoms with Crippen molar-refractivity contribution < 1.29 is 14.3 Å². The van der Waals surface area contributed by atoms with E-state index in [1.165, 1.54) is 0 Å². The van der Waals surface area contributed by atoms with Gasteiger partial charge in [-0.2, -0.15) is 0 Å². The highest BCUT2D eigenvalue weighted by Gasteiger charge is 2.26. The molecule has 1 aliphatic heterocycles. The van der Waals surface area contributed by atoms with Crippen LogP contribution >= 0.6 is 11.6 Å². The Balaban J connectivity index is 1.52. The molecule has 27 heavy (non-hydrogen) atoms. The molecule has 1 fully saturated rings. The molecule has 2 aromatic rings. The summed E-state index contributed by atoms with van der Waals surface area (Å²) in [4.78, 5) is 28.5. The van der Waals surface area contributed by atoms with Gasteiger partial charge < -0.3 is 14.5 Å². The third-order valence-electron chi connectivity index (χ3n) is 4.71. The van der Waals surface area contributed by atoms with Crippen molar-refractivity contribution in [2.45, 2.75) is 13.8 Å². The fraction of sp³-hybridized carbons (Fsp3) is 0.333. The van der Waals surface area contributed by atoms with Crippen LogP contribution in [-0.2, 0) is 4.79 Å². The SMILES string of the molecule is Cc1ccc(OCC(=O)N2CCN(C(=O)c3ccccc3Cl)CC2)c(C)c1. The van der Waals surface area contributed by atoms with Crippen LogP contribution in [0.2, 0.25) is 5.02 Å². The summed E-state index contributed by atoms with van der Waals surface area (Å²) in [6.07, 6.45) is 0. The highest BCUT2D eigenvalue weighted by molar-refractivity contribution is 6.33. The lowest BCUT2D eigenvalue weighted by Gasteiger charge is -2.34. The fourth-order valence-corrected chi connectivity index (χ4v) is 3.37. The molecule has 3 rings (SSSR count). The predicted molar refractivity (Wildman–Crippen MR) is 105 cm³/mol. The zero-order valence-electron chi connectivity index (χ0n) is 15.6. The zero-order valence-corrected chi connectivity index (χ0v) is 16.3. The zero-order chi connectivity index (χ0) is 19.4. The van der Waals surface area contributed by atoms with Gasteiger partial charge in [0.25, 0.3) is 11.8 Å². The summed E-state index contributed by atoms with van der Waals surface area (Å²) in [6.45, 7) is 5.94. The Hall–Kier alpha value is -2.53. The Morgan fingerprint density at radius 3 is 2.33 bits per heavy atom. The molecule has 1 saturated heterocycles. The molecule has 0 radical (unpaired) electrons. The number of rotatable bonds is 4. The second-order valence-corrected chi connectivity index (χ2v) is 7.12. The maximum atomic E-state index is 12.6. The van der Waals surface area contributed by atoms with Gasteiger partial charge in [-0.1, -0.05) is 41.4 Å². The van der Waals surface area contributed by atoms with Crippen LogP contribution in [-0.4, -0.2) is 54.4 Å². The standard InChI is InChI=1S/C21H23ClN2O3/c1-15-7-8-19(16(2)13-15)27-14-20(25)23-9-11-24(12-10-23)21(26)17-5-3-4-6-18(17)22/h3-8,13H,9-12,14H2,1-2H3. The monoisotopic (exact) mass is 386 g/mol. The third kappa shape index (κ3) is 4.61. The van der Waals surface area contributed by atoms with Crippen LogP contribution in [0.4, 0.5) is 0 Å². The van der Waals surface area contributed by atoms with Crippen LogP contribution in [0.5, 0.6) is 5.75 Å². The number of nitrogens with zero attached hydrogens (tertiary/aromatic N) is 2. The summed E-state index contributed by atoms with van der Waals surface area (Å²) in [5.74, 6) is 0.556. The molecular weight excluding hydrogens is 364 g/mol. The smallest absolute Gasteiger partial charge is 0.260 e. The van der Waals surface area contributed by atoms with Crippen LogP contribution < -0.4 is 4.74 Å². The molecule has 2 amide bonds. The van der Waals surface area contributed by atoms with Crippen LogP contribution in [0.15, 0.2) is 42.5 Å². The molecule has 1 heterocycles. The van der Waals surface area contributed by atoms with Gasteiger partial charge in [-0.3, -0.25) is 9.59 Å². The predicted octanol–water partition coefficient (Wildman–Crippen LogP) is 3.32. The van der Waals surface area contributed by atoms with E-state index in [0.29, 0.717) is 36.8 Å². The van der Waals surface area contributed by atoms with Gasteiger partial charge in [0.2, 0.25) is 0 Å². The van der Waals surface area contributed by atoms with Crippen molar-refractivity contribution in [3.05, 3.63) is 64.2 Å². The van der Waals surface area contributed by atoms with Crippen molar-refractivity contribution in [1.82, 2.24) is 9.80 Å². The number of halogens is 1. The summed E-state index contributed by atoms with van der Waals surface area (Å²) in [6, 6.07) is 12.9. The Labute approximate surface area is 164 Å². The average molecular weight is 387 g/mol. The molecule has 0 spiro atoms. The second kappa shape index (κ2) is 8.44. The minimum absolute atomic E-state index is 0.00234. The lowest BCUT2D eigenvalue weighted by molar-refractivity contribution is -0.134. The molecule has 0 saturated carbocycles. The molecule has 2 aromatic carbocycles. The summed E-state index contributed by atoms with van der Waals surface area (Å²) >= 11 is 6.11. The van der Waals surface area contributed by atoms with E-state index in [-0.39, 0.29) is 18.4 Å². The van der Waals surface area contributed by atoms with Gasteiger partial charge >= 0.3 is 0 Å². The molecule has 0 N–H and O–H groups in total. The maximum Gasteiger partial charge on any atom is 0.260 e. The lowest BCUT2D eigenvalue weighted by atomic mass is 10.1. The first-order valence-corrected chi connectivity index (χ1v) is 9.35. The molecule has 0 unspecified atom stereocenters. The van der Waals surface area contributed by atoms with E-state index >= 15 is 0 Å². The quantitative estimate of drug-likeness (QED) is 0.809. The van der Waals surface area contributed by atoms with Crippen molar-refractivity contribution in [2.24, 2.45) is 0 Å². The van der Waals surface area contributed by atoms with Gasteiger partial charge in [0, 0.05) is 26.2 Å². The van der Waals surface area contributed by atoms with Crippen molar-refractivity contribution in [3.8, 4) is 5.75 Å². The number of carbonyl (C=O) groups is 2. The van der Waals surface area contributed by atoms with Crippen LogP contribution in [0, 0.1) is 13.8 Å². The first-order valence-electron chi connectivity index (χ1n) is 8.97. The molecule has 0 aliphatic carbocycles. The second-order valence-electron chi connectivity index (χ2n) is 6.71. The minimum atomic E-state index is -0.0979. The van der Waals surface area contributed by atoms with Crippen molar-refractivity contribution in [1.29, 1.82) is 0 Å². The number of piperazine rings is 1. The normalized spacial score (nSPS) is 14.2. The highest BCUT2D eigenvalue weighted by Crippen LogP contribution is 2.20. The molecule has 1 aliphatic rings. The maximum absolute atomic E-state index is 12.6. The first kappa shape index (κ1) is 19.2. The number of aryl methyl sites for hydroxylation is 2. The summed E-state index contributed by atoms with van der Waals surface area (Å²) < 4.78 is 5.68. The molecule has 142 valence electrons. The van der Waals surface area contributed by atoms with E-state index in [2.05, 4.69) is 0 Å². The van der Waals surface area contributed by atoms with Gasteiger partial charge in [0.05, 0.1) is 10.6 Å². The fourth-order valence-electron chi connectivity index (χ4n) is 3.16. The van der Waals surface area contributed by atoms with E-state index in [9.17, 15) is 9.59 Å². The van der Waals surface area contributed by atoms with Crippen molar-refractivity contribution in [3.63, 3.8) is 0 Å².